The number of amides is 1. The summed E-state index contributed by atoms with van der Waals surface area (Å²) in [5.74, 6) is 0.412. The number of benzene rings is 1. The Kier molecular flexibility index (Phi) is 6.24. The molecule has 6 heteroatoms. The summed E-state index contributed by atoms with van der Waals surface area (Å²) in [5, 5.41) is 0. The zero-order chi connectivity index (χ0) is 15.9. The molecule has 2 rings (SSSR count). The van der Waals surface area contributed by atoms with Crippen LogP contribution in [0.2, 0.25) is 0 Å². The van der Waals surface area contributed by atoms with Crippen molar-refractivity contribution in [2.75, 3.05) is 26.3 Å². The molecule has 1 aliphatic heterocycles. The van der Waals surface area contributed by atoms with Crippen LogP contribution in [0.4, 0.5) is 0 Å². The van der Waals surface area contributed by atoms with Gasteiger partial charge in [0, 0.05) is 17.6 Å². The topological polar surface area (TPSA) is 55.8 Å². The molecule has 0 aromatic heterocycles. The molecule has 1 unspecified atom stereocenters. The van der Waals surface area contributed by atoms with E-state index in [9.17, 15) is 9.59 Å². The predicted octanol–water partition coefficient (Wildman–Crippen LogP) is 2.63. The van der Waals surface area contributed by atoms with Gasteiger partial charge in [-0.1, -0.05) is 22.9 Å². The zero-order valence-electron chi connectivity index (χ0n) is 12.6. The molecule has 0 N–H and O–H groups in total. The number of nitrogens with zero attached hydrogens (tertiary/aromatic N) is 1. The Morgan fingerprint density at radius 3 is 2.68 bits per heavy atom. The summed E-state index contributed by atoms with van der Waals surface area (Å²) in [6.45, 7) is 3.19. The highest BCUT2D eigenvalue weighted by atomic mass is 79.9. The fourth-order valence-electron chi connectivity index (χ4n) is 2.36. The van der Waals surface area contributed by atoms with E-state index in [1.807, 2.05) is 12.1 Å². The minimum atomic E-state index is -0.540. The van der Waals surface area contributed by atoms with Crippen molar-refractivity contribution in [2.45, 2.75) is 19.8 Å². The molecule has 1 amide bonds. The van der Waals surface area contributed by atoms with Crippen LogP contribution in [0.15, 0.2) is 28.7 Å². The molecule has 1 aromatic carbocycles. The lowest BCUT2D eigenvalue weighted by Crippen LogP contribution is -2.41. The standard InChI is InChI=1S/C16H20BrNO4/c1-12-3-2-8-18(9-12)15(19)10-22-16(20)11-21-14-6-4-13(17)5-7-14/h4-7,12H,2-3,8-11H2,1H3. The van der Waals surface area contributed by atoms with Crippen molar-refractivity contribution in [2.24, 2.45) is 5.92 Å². The summed E-state index contributed by atoms with van der Waals surface area (Å²) < 4.78 is 11.2. The van der Waals surface area contributed by atoms with E-state index in [2.05, 4.69) is 22.9 Å². The molecule has 1 heterocycles. The van der Waals surface area contributed by atoms with Crippen LogP contribution in [0, 0.1) is 5.92 Å². The average Bonchev–Trinajstić information content (AvgIpc) is 2.52. The highest BCUT2D eigenvalue weighted by Gasteiger charge is 2.21. The summed E-state index contributed by atoms with van der Waals surface area (Å²) in [6, 6.07) is 7.14. The lowest BCUT2D eigenvalue weighted by atomic mass is 10.0. The number of carbonyl (C=O) groups excluding carboxylic acids is 2. The summed E-state index contributed by atoms with van der Waals surface area (Å²) in [7, 11) is 0. The van der Waals surface area contributed by atoms with Crippen LogP contribution in [0.3, 0.4) is 0 Å². The number of likely N-dealkylation sites (tertiary alicyclic amines) is 1. The molecule has 120 valence electrons. The summed E-state index contributed by atoms with van der Waals surface area (Å²) in [6.07, 6.45) is 2.15. The van der Waals surface area contributed by atoms with Crippen molar-refractivity contribution in [1.82, 2.24) is 4.90 Å². The molecule has 0 saturated carbocycles. The molecule has 5 nitrogen and oxygen atoms in total. The van der Waals surface area contributed by atoms with Crippen LogP contribution in [0.25, 0.3) is 0 Å². The van der Waals surface area contributed by atoms with Gasteiger partial charge >= 0.3 is 5.97 Å². The predicted molar refractivity (Wildman–Crippen MR) is 85.6 cm³/mol. The molecular weight excluding hydrogens is 350 g/mol. The molecule has 22 heavy (non-hydrogen) atoms. The van der Waals surface area contributed by atoms with Gasteiger partial charge < -0.3 is 14.4 Å². The molecule has 0 spiro atoms. The number of halogens is 1. The van der Waals surface area contributed by atoms with Crippen LogP contribution in [-0.2, 0) is 14.3 Å². The maximum Gasteiger partial charge on any atom is 0.344 e. The molecule has 0 aliphatic carbocycles. The summed E-state index contributed by atoms with van der Waals surface area (Å²) in [5.41, 5.74) is 0. The van der Waals surface area contributed by atoms with Gasteiger partial charge in [0.1, 0.15) is 5.75 Å². The van der Waals surface area contributed by atoms with Gasteiger partial charge in [0.05, 0.1) is 0 Å². The smallest absolute Gasteiger partial charge is 0.344 e. The Morgan fingerprint density at radius 1 is 1.27 bits per heavy atom. The van der Waals surface area contributed by atoms with Gasteiger partial charge in [-0.2, -0.15) is 0 Å². The molecule has 1 aliphatic rings. The first-order chi connectivity index (χ1) is 10.5. The highest BCUT2D eigenvalue weighted by Crippen LogP contribution is 2.16. The van der Waals surface area contributed by atoms with Crippen LogP contribution in [0.1, 0.15) is 19.8 Å². The lowest BCUT2D eigenvalue weighted by molar-refractivity contribution is -0.154. The third-order valence-corrected chi connectivity index (χ3v) is 4.07. The largest absolute Gasteiger partial charge is 0.482 e. The number of rotatable bonds is 5. The minimum absolute atomic E-state index is 0.136. The average molecular weight is 370 g/mol. The highest BCUT2D eigenvalue weighted by molar-refractivity contribution is 9.10. The third-order valence-electron chi connectivity index (χ3n) is 3.54. The molecule has 0 radical (unpaired) electrons. The van der Waals surface area contributed by atoms with Crippen molar-refractivity contribution in [3.8, 4) is 5.75 Å². The van der Waals surface area contributed by atoms with E-state index in [1.165, 1.54) is 0 Å². The van der Waals surface area contributed by atoms with E-state index in [0.29, 0.717) is 11.7 Å². The van der Waals surface area contributed by atoms with E-state index in [1.54, 1.807) is 17.0 Å². The van der Waals surface area contributed by atoms with Crippen molar-refractivity contribution in [3.63, 3.8) is 0 Å². The Labute approximate surface area is 138 Å². The van der Waals surface area contributed by atoms with Crippen molar-refractivity contribution in [1.29, 1.82) is 0 Å². The van der Waals surface area contributed by atoms with Gasteiger partial charge in [-0.15, -0.1) is 0 Å². The van der Waals surface area contributed by atoms with Gasteiger partial charge in [-0.05, 0) is 43.0 Å². The maximum atomic E-state index is 12.0. The number of hydrogen-bond donors (Lipinski definition) is 0. The summed E-state index contributed by atoms with van der Waals surface area (Å²) in [4.78, 5) is 25.3. The van der Waals surface area contributed by atoms with Gasteiger partial charge in [-0.3, -0.25) is 4.79 Å². The van der Waals surface area contributed by atoms with E-state index < -0.39 is 5.97 Å². The number of ether oxygens (including phenoxy) is 2. The fourth-order valence-corrected chi connectivity index (χ4v) is 2.63. The molecular formula is C16H20BrNO4. The number of carbonyl (C=O) groups is 2. The molecule has 1 fully saturated rings. The minimum Gasteiger partial charge on any atom is -0.482 e. The number of piperidine rings is 1. The zero-order valence-corrected chi connectivity index (χ0v) is 14.2. The monoisotopic (exact) mass is 369 g/mol. The fraction of sp³-hybridized carbons (Fsp3) is 0.500. The van der Waals surface area contributed by atoms with Gasteiger partial charge in [0.25, 0.3) is 5.91 Å². The second-order valence-corrected chi connectivity index (χ2v) is 6.41. The van der Waals surface area contributed by atoms with Crippen LogP contribution in [0.5, 0.6) is 5.75 Å². The normalized spacial score (nSPS) is 17.9. The van der Waals surface area contributed by atoms with Crippen molar-refractivity contribution < 1.29 is 19.1 Å². The number of esters is 1. The van der Waals surface area contributed by atoms with E-state index in [0.717, 1.165) is 30.4 Å². The first-order valence-electron chi connectivity index (χ1n) is 7.36. The lowest BCUT2D eigenvalue weighted by Gasteiger charge is -2.30. The Balaban J connectivity index is 1.68. The third kappa shape index (κ3) is 5.33. The van der Waals surface area contributed by atoms with Gasteiger partial charge in [0.15, 0.2) is 13.2 Å². The molecule has 1 aromatic rings. The first kappa shape index (κ1) is 16.8. The second kappa shape index (κ2) is 8.17. The van der Waals surface area contributed by atoms with Crippen LogP contribution in [-0.4, -0.2) is 43.1 Å². The molecule has 1 saturated heterocycles. The van der Waals surface area contributed by atoms with Gasteiger partial charge in [0.2, 0.25) is 0 Å². The van der Waals surface area contributed by atoms with E-state index >= 15 is 0 Å². The second-order valence-electron chi connectivity index (χ2n) is 5.49. The van der Waals surface area contributed by atoms with Crippen molar-refractivity contribution in [3.05, 3.63) is 28.7 Å². The number of hydrogen-bond acceptors (Lipinski definition) is 4. The maximum absolute atomic E-state index is 12.0. The van der Waals surface area contributed by atoms with E-state index in [-0.39, 0.29) is 19.1 Å². The van der Waals surface area contributed by atoms with Crippen LogP contribution >= 0.6 is 15.9 Å². The Morgan fingerprint density at radius 2 is 2.00 bits per heavy atom. The van der Waals surface area contributed by atoms with E-state index in [4.69, 9.17) is 9.47 Å². The molecule has 1 atom stereocenters. The van der Waals surface area contributed by atoms with Crippen LogP contribution < -0.4 is 4.74 Å². The molecule has 0 bridgehead atoms. The summed E-state index contributed by atoms with van der Waals surface area (Å²) >= 11 is 3.32. The quantitative estimate of drug-likeness (QED) is 0.748. The Hall–Kier alpha value is -1.56. The SMILES string of the molecule is CC1CCCN(C(=O)COC(=O)COc2ccc(Br)cc2)C1. The van der Waals surface area contributed by atoms with Crippen molar-refractivity contribution >= 4 is 27.8 Å². The Bertz CT molecular complexity index is 517. The first-order valence-corrected chi connectivity index (χ1v) is 8.15. The van der Waals surface area contributed by atoms with Gasteiger partial charge in [-0.25, -0.2) is 4.79 Å².